The van der Waals surface area contributed by atoms with Gasteiger partial charge in [-0.1, -0.05) is 13.8 Å². The standard InChI is InChI=1S/C13H24ClN5/c1-8(2)6-10(7-19(4)5)17-12-11(15)9(3)16-13(14)18-12/h8,10H,6-7,15H2,1-5H3,(H,16,17,18). The van der Waals surface area contributed by atoms with Crippen molar-refractivity contribution in [3.8, 4) is 0 Å². The number of hydrogen-bond acceptors (Lipinski definition) is 5. The van der Waals surface area contributed by atoms with E-state index in [0.29, 0.717) is 23.1 Å². The van der Waals surface area contributed by atoms with Gasteiger partial charge in [0.15, 0.2) is 5.82 Å². The van der Waals surface area contributed by atoms with Gasteiger partial charge in [0, 0.05) is 12.6 Å². The molecule has 108 valence electrons. The van der Waals surface area contributed by atoms with Crippen LogP contribution in [0.25, 0.3) is 0 Å². The molecule has 1 atom stereocenters. The lowest BCUT2D eigenvalue weighted by Gasteiger charge is -2.25. The highest BCUT2D eigenvalue weighted by Gasteiger charge is 2.15. The number of anilines is 2. The van der Waals surface area contributed by atoms with Gasteiger partial charge in [0.1, 0.15) is 0 Å². The molecule has 1 heterocycles. The minimum Gasteiger partial charge on any atom is -0.394 e. The number of hydrogen-bond donors (Lipinski definition) is 2. The van der Waals surface area contributed by atoms with Crippen LogP contribution in [0.1, 0.15) is 26.0 Å². The summed E-state index contributed by atoms with van der Waals surface area (Å²) in [6.07, 6.45) is 1.04. The molecule has 0 amide bonds. The van der Waals surface area contributed by atoms with Crippen LogP contribution in [-0.4, -0.2) is 41.5 Å². The van der Waals surface area contributed by atoms with Crippen molar-refractivity contribution in [1.29, 1.82) is 0 Å². The van der Waals surface area contributed by atoms with E-state index in [1.807, 2.05) is 6.92 Å². The minimum absolute atomic E-state index is 0.224. The van der Waals surface area contributed by atoms with Crippen LogP contribution >= 0.6 is 11.6 Å². The van der Waals surface area contributed by atoms with Gasteiger partial charge in [0.2, 0.25) is 5.28 Å². The molecule has 0 radical (unpaired) electrons. The monoisotopic (exact) mass is 285 g/mol. The quantitative estimate of drug-likeness (QED) is 0.786. The van der Waals surface area contributed by atoms with Crippen molar-refractivity contribution in [3.63, 3.8) is 0 Å². The average Bonchev–Trinajstić information content (AvgIpc) is 2.23. The summed E-state index contributed by atoms with van der Waals surface area (Å²) in [5.74, 6) is 1.22. The number of nitrogens with zero attached hydrogens (tertiary/aromatic N) is 3. The lowest BCUT2D eigenvalue weighted by atomic mass is 10.0. The molecule has 0 aliphatic heterocycles. The summed E-state index contributed by atoms with van der Waals surface area (Å²) in [6, 6.07) is 0.280. The fourth-order valence-electron chi connectivity index (χ4n) is 2.04. The fourth-order valence-corrected chi connectivity index (χ4v) is 2.25. The van der Waals surface area contributed by atoms with Crippen LogP contribution in [0.5, 0.6) is 0 Å². The van der Waals surface area contributed by atoms with Gasteiger partial charge >= 0.3 is 0 Å². The second kappa shape index (κ2) is 6.91. The maximum Gasteiger partial charge on any atom is 0.224 e. The Bertz CT molecular complexity index is 410. The average molecular weight is 286 g/mol. The maximum absolute atomic E-state index is 6.00. The number of nitrogens with two attached hydrogens (primary N) is 1. The van der Waals surface area contributed by atoms with Crippen LogP contribution < -0.4 is 11.1 Å². The van der Waals surface area contributed by atoms with Crippen LogP contribution in [0.15, 0.2) is 0 Å². The lowest BCUT2D eigenvalue weighted by Crippen LogP contribution is -2.34. The largest absolute Gasteiger partial charge is 0.394 e. The molecule has 0 saturated heterocycles. The van der Waals surface area contributed by atoms with Crippen molar-refractivity contribution < 1.29 is 0 Å². The lowest BCUT2D eigenvalue weighted by molar-refractivity contribution is 0.356. The summed E-state index contributed by atoms with van der Waals surface area (Å²) < 4.78 is 0. The van der Waals surface area contributed by atoms with Crippen LogP contribution in [0.4, 0.5) is 11.5 Å². The van der Waals surface area contributed by atoms with Crippen LogP contribution in [-0.2, 0) is 0 Å². The third kappa shape index (κ3) is 5.20. The van der Waals surface area contributed by atoms with E-state index in [9.17, 15) is 0 Å². The molecule has 5 nitrogen and oxygen atoms in total. The molecule has 0 saturated carbocycles. The molecule has 3 N–H and O–H groups in total. The summed E-state index contributed by atoms with van der Waals surface area (Å²) >= 11 is 5.89. The van der Waals surface area contributed by atoms with Crippen LogP contribution in [0.3, 0.4) is 0 Å². The molecule has 6 heteroatoms. The molecular formula is C13H24ClN5. The van der Waals surface area contributed by atoms with Gasteiger partial charge in [0.05, 0.1) is 11.4 Å². The smallest absolute Gasteiger partial charge is 0.224 e. The molecule has 0 aliphatic rings. The second-order valence-corrected chi connectivity index (χ2v) is 5.91. The van der Waals surface area contributed by atoms with E-state index in [0.717, 1.165) is 13.0 Å². The third-order valence-corrected chi connectivity index (χ3v) is 2.96. The third-order valence-electron chi connectivity index (χ3n) is 2.79. The van der Waals surface area contributed by atoms with Crippen molar-refractivity contribution in [2.45, 2.75) is 33.2 Å². The topological polar surface area (TPSA) is 67.1 Å². The van der Waals surface area contributed by atoms with Gasteiger partial charge in [0.25, 0.3) is 0 Å². The molecule has 0 bridgehead atoms. The normalized spacial score (nSPS) is 13.1. The van der Waals surface area contributed by atoms with E-state index in [1.165, 1.54) is 0 Å². The zero-order valence-corrected chi connectivity index (χ0v) is 13.1. The molecule has 1 unspecified atom stereocenters. The zero-order valence-electron chi connectivity index (χ0n) is 12.4. The Morgan fingerprint density at radius 3 is 2.47 bits per heavy atom. The van der Waals surface area contributed by atoms with Gasteiger partial charge < -0.3 is 16.0 Å². The van der Waals surface area contributed by atoms with Crippen LogP contribution in [0, 0.1) is 12.8 Å². The number of aryl methyl sites for hydroxylation is 1. The van der Waals surface area contributed by atoms with Gasteiger partial charge in [-0.3, -0.25) is 0 Å². The van der Waals surface area contributed by atoms with E-state index in [2.05, 4.69) is 48.1 Å². The fraction of sp³-hybridized carbons (Fsp3) is 0.692. The summed E-state index contributed by atoms with van der Waals surface area (Å²) in [5.41, 5.74) is 7.27. The number of halogens is 1. The molecule has 1 rings (SSSR count). The summed E-state index contributed by atoms with van der Waals surface area (Å²) in [6.45, 7) is 7.15. The van der Waals surface area contributed by atoms with E-state index in [1.54, 1.807) is 0 Å². The van der Waals surface area contributed by atoms with Gasteiger partial charge in [-0.25, -0.2) is 4.98 Å². The van der Waals surface area contributed by atoms with Crippen molar-refractivity contribution >= 4 is 23.1 Å². The Balaban J connectivity index is 2.89. The summed E-state index contributed by atoms with van der Waals surface area (Å²) in [4.78, 5) is 10.4. The zero-order chi connectivity index (χ0) is 14.6. The second-order valence-electron chi connectivity index (χ2n) is 5.57. The number of aromatic nitrogens is 2. The highest BCUT2D eigenvalue weighted by molar-refractivity contribution is 6.28. The number of likely N-dealkylation sites (N-methyl/N-ethyl adjacent to an activating group) is 1. The molecule has 1 aromatic heterocycles. The number of nitrogens with one attached hydrogen (secondary N) is 1. The molecule has 0 aliphatic carbocycles. The SMILES string of the molecule is Cc1nc(Cl)nc(NC(CC(C)C)CN(C)C)c1N. The first-order valence-electron chi connectivity index (χ1n) is 6.50. The van der Waals surface area contributed by atoms with Gasteiger partial charge in [-0.15, -0.1) is 0 Å². The molecule has 0 aromatic carbocycles. The molecule has 1 aromatic rings. The van der Waals surface area contributed by atoms with Gasteiger partial charge in [-0.05, 0) is 45.0 Å². The molecule has 0 fully saturated rings. The number of rotatable bonds is 6. The summed E-state index contributed by atoms with van der Waals surface area (Å²) in [7, 11) is 4.10. The first kappa shape index (κ1) is 16.0. The molecule has 0 spiro atoms. The van der Waals surface area contributed by atoms with E-state index < -0.39 is 0 Å². The molecule has 19 heavy (non-hydrogen) atoms. The Labute approximate surface area is 120 Å². The van der Waals surface area contributed by atoms with Crippen molar-refractivity contribution in [3.05, 3.63) is 11.0 Å². The van der Waals surface area contributed by atoms with Gasteiger partial charge in [-0.2, -0.15) is 4.98 Å². The maximum atomic E-state index is 6.00. The number of nitrogen functional groups attached to an aromatic ring is 1. The summed E-state index contributed by atoms with van der Waals surface area (Å²) in [5, 5.41) is 3.61. The predicted octanol–water partition coefficient (Wildman–Crippen LogP) is 2.41. The first-order valence-corrected chi connectivity index (χ1v) is 6.88. The Morgan fingerprint density at radius 1 is 1.32 bits per heavy atom. The molecular weight excluding hydrogens is 262 g/mol. The highest BCUT2D eigenvalue weighted by Crippen LogP contribution is 2.22. The van der Waals surface area contributed by atoms with E-state index in [4.69, 9.17) is 17.3 Å². The van der Waals surface area contributed by atoms with Crippen molar-refractivity contribution in [2.24, 2.45) is 5.92 Å². The first-order chi connectivity index (χ1) is 8.79. The van der Waals surface area contributed by atoms with Crippen molar-refractivity contribution in [1.82, 2.24) is 14.9 Å². The highest BCUT2D eigenvalue weighted by atomic mass is 35.5. The minimum atomic E-state index is 0.224. The van der Waals surface area contributed by atoms with Crippen molar-refractivity contribution in [2.75, 3.05) is 31.7 Å². The Morgan fingerprint density at radius 2 is 1.95 bits per heavy atom. The van der Waals surface area contributed by atoms with E-state index >= 15 is 0 Å². The predicted molar refractivity (Wildman–Crippen MR) is 81.6 cm³/mol. The van der Waals surface area contributed by atoms with E-state index in [-0.39, 0.29) is 11.3 Å². The Kier molecular flexibility index (Phi) is 5.82. The Hall–Kier alpha value is -1.07. The van der Waals surface area contributed by atoms with Crippen LogP contribution in [0.2, 0.25) is 5.28 Å².